The van der Waals surface area contributed by atoms with Gasteiger partial charge in [-0.1, -0.05) is 194 Å². The Kier molecular flexibility index (Phi) is 8.19. The van der Waals surface area contributed by atoms with Gasteiger partial charge in [0.2, 0.25) is 0 Å². The molecule has 0 fully saturated rings. The van der Waals surface area contributed by atoms with Gasteiger partial charge in [0, 0.05) is 38.7 Å². The number of anilines is 3. The molecule has 10 aromatic carbocycles. The Morgan fingerprint density at radius 2 is 0.672 bits per heavy atom. The highest BCUT2D eigenvalue weighted by atomic mass is 16.3. The normalized spacial score (nSPS) is 11.4. The molecule has 0 saturated heterocycles. The number of para-hydroxylation sites is 2. The van der Waals surface area contributed by atoms with Crippen molar-refractivity contribution in [2.24, 2.45) is 0 Å². The van der Waals surface area contributed by atoms with E-state index in [0.717, 1.165) is 72.4 Å². The van der Waals surface area contributed by atoms with Gasteiger partial charge in [-0.05, 0) is 79.9 Å². The minimum absolute atomic E-state index is 0.913. The number of furan rings is 1. The van der Waals surface area contributed by atoms with Gasteiger partial charge in [-0.15, -0.1) is 0 Å². The Balaban J connectivity index is 0.968. The molecule has 0 aliphatic rings. The number of rotatable bonds is 7. The predicted molar refractivity (Wildman–Crippen MR) is 245 cm³/mol. The van der Waals surface area contributed by atoms with Crippen molar-refractivity contribution < 1.29 is 4.42 Å². The van der Waals surface area contributed by atoms with Gasteiger partial charge in [0.25, 0.3) is 0 Å². The first-order valence-electron chi connectivity index (χ1n) is 19.8. The second-order valence-corrected chi connectivity index (χ2v) is 14.9. The Bertz CT molecular complexity index is 3240. The van der Waals surface area contributed by atoms with Gasteiger partial charge in [0.1, 0.15) is 11.2 Å². The van der Waals surface area contributed by atoms with Crippen molar-refractivity contribution in [2.75, 3.05) is 4.90 Å². The first kappa shape index (κ1) is 33.6. The fourth-order valence-electron chi connectivity index (χ4n) is 8.62. The first-order chi connectivity index (χ1) is 28.8. The standard InChI is InChI=1S/C56H37NO/c1-3-13-38(14-4-1)40-29-33-45(34-30-40)57(54-37-44-17-7-8-18-47(44)50-19-9-10-20-51(50)54)46-35-31-41(32-36-46)39-25-27-43(28-26-39)49-22-12-24-53-52-23-11-21-48(55(52)58-56(49)53)42-15-5-2-6-16-42/h1-37H. The van der Waals surface area contributed by atoms with E-state index in [1.54, 1.807) is 0 Å². The van der Waals surface area contributed by atoms with Gasteiger partial charge >= 0.3 is 0 Å². The summed E-state index contributed by atoms with van der Waals surface area (Å²) in [6.45, 7) is 0. The van der Waals surface area contributed by atoms with Gasteiger partial charge in [0.15, 0.2) is 0 Å². The van der Waals surface area contributed by atoms with Crippen LogP contribution >= 0.6 is 0 Å². The average molecular weight is 740 g/mol. The lowest BCUT2D eigenvalue weighted by Gasteiger charge is -2.28. The van der Waals surface area contributed by atoms with Gasteiger partial charge in [-0.2, -0.15) is 0 Å². The van der Waals surface area contributed by atoms with E-state index in [9.17, 15) is 0 Å². The fourth-order valence-corrected chi connectivity index (χ4v) is 8.62. The van der Waals surface area contributed by atoms with E-state index in [1.807, 2.05) is 6.07 Å². The molecular weight excluding hydrogens is 703 g/mol. The average Bonchev–Trinajstić information content (AvgIpc) is 3.70. The smallest absolute Gasteiger partial charge is 0.143 e. The molecule has 0 radical (unpaired) electrons. The number of hydrogen-bond acceptors (Lipinski definition) is 2. The molecule has 2 nitrogen and oxygen atoms in total. The van der Waals surface area contributed by atoms with E-state index in [4.69, 9.17) is 4.42 Å². The van der Waals surface area contributed by atoms with E-state index in [0.29, 0.717) is 0 Å². The maximum Gasteiger partial charge on any atom is 0.143 e. The summed E-state index contributed by atoms with van der Waals surface area (Å²) in [6.07, 6.45) is 0. The molecule has 272 valence electrons. The monoisotopic (exact) mass is 739 g/mol. The van der Waals surface area contributed by atoms with Crippen LogP contribution in [0.2, 0.25) is 0 Å². The molecule has 0 N–H and O–H groups in total. The molecule has 0 saturated carbocycles. The topological polar surface area (TPSA) is 16.4 Å². The van der Waals surface area contributed by atoms with Crippen LogP contribution in [0, 0.1) is 0 Å². The summed E-state index contributed by atoms with van der Waals surface area (Å²) in [7, 11) is 0. The number of hydrogen-bond donors (Lipinski definition) is 0. The van der Waals surface area contributed by atoms with Crippen molar-refractivity contribution >= 4 is 60.5 Å². The molecule has 0 amide bonds. The van der Waals surface area contributed by atoms with Crippen molar-refractivity contribution in [1.29, 1.82) is 0 Å². The van der Waals surface area contributed by atoms with Crippen molar-refractivity contribution in [3.63, 3.8) is 0 Å². The molecule has 58 heavy (non-hydrogen) atoms. The Labute approximate surface area is 337 Å². The number of fused-ring (bicyclic) bond motifs is 6. The Morgan fingerprint density at radius 1 is 0.276 bits per heavy atom. The van der Waals surface area contributed by atoms with Crippen molar-refractivity contribution in [2.45, 2.75) is 0 Å². The van der Waals surface area contributed by atoms with Crippen LogP contribution in [0.1, 0.15) is 0 Å². The highest BCUT2D eigenvalue weighted by Gasteiger charge is 2.19. The summed E-state index contributed by atoms with van der Waals surface area (Å²) in [5, 5.41) is 7.19. The zero-order chi connectivity index (χ0) is 38.4. The van der Waals surface area contributed by atoms with Gasteiger partial charge < -0.3 is 9.32 Å². The zero-order valence-electron chi connectivity index (χ0n) is 31.7. The Morgan fingerprint density at radius 3 is 1.24 bits per heavy atom. The van der Waals surface area contributed by atoms with Crippen LogP contribution in [-0.4, -0.2) is 0 Å². The molecule has 0 aliphatic carbocycles. The molecule has 0 aliphatic heterocycles. The third-order valence-electron chi connectivity index (χ3n) is 11.5. The molecule has 0 bridgehead atoms. The van der Waals surface area contributed by atoms with Crippen LogP contribution in [0.15, 0.2) is 229 Å². The van der Waals surface area contributed by atoms with Crippen molar-refractivity contribution in [1.82, 2.24) is 0 Å². The lowest BCUT2D eigenvalue weighted by Crippen LogP contribution is -2.10. The maximum atomic E-state index is 6.72. The summed E-state index contributed by atoms with van der Waals surface area (Å²) in [6, 6.07) is 80.5. The minimum atomic E-state index is 0.913. The molecule has 0 spiro atoms. The molecule has 0 atom stereocenters. The largest absolute Gasteiger partial charge is 0.455 e. The zero-order valence-corrected chi connectivity index (χ0v) is 31.7. The number of nitrogens with zero attached hydrogens (tertiary/aromatic N) is 1. The lowest BCUT2D eigenvalue weighted by atomic mass is 9.97. The summed E-state index contributed by atoms with van der Waals surface area (Å²) >= 11 is 0. The van der Waals surface area contributed by atoms with E-state index < -0.39 is 0 Å². The van der Waals surface area contributed by atoms with Gasteiger partial charge in [0.05, 0.1) is 5.69 Å². The highest BCUT2D eigenvalue weighted by Crippen LogP contribution is 2.44. The predicted octanol–water partition coefficient (Wildman–Crippen LogP) is 16.0. The maximum absolute atomic E-state index is 6.72. The molecule has 1 aromatic heterocycles. The minimum Gasteiger partial charge on any atom is -0.455 e. The summed E-state index contributed by atoms with van der Waals surface area (Å²) in [5.41, 5.74) is 14.4. The van der Waals surface area contributed by atoms with E-state index in [1.165, 1.54) is 32.7 Å². The summed E-state index contributed by atoms with van der Waals surface area (Å²) < 4.78 is 6.72. The third-order valence-corrected chi connectivity index (χ3v) is 11.5. The molecular formula is C56H37NO. The molecule has 1 heterocycles. The second kappa shape index (κ2) is 14.1. The number of benzene rings is 10. The first-order valence-corrected chi connectivity index (χ1v) is 19.8. The molecule has 2 heteroatoms. The van der Waals surface area contributed by atoms with E-state index in [-0.39, 0.29) is 0 Å². The molecule has 11 rings (SSSR count). The van der Waals surface area contributed by atoms with Crippen molar-refractivity contribution in [3.05, 3.63) is 224 Å². The van der Waals surface area contributed by atoms with Crippen LogP contribution in [0.25, 0.3) is 88.0 Å². The SMILES string of the molecule is c1ccc(-c2ccc(N(c3ccc(-c4ccc(-c5cccc6c5oc5c(-c7ccccc7)cccc56)cc4)cc3)c3cc4ccccc4c4ccccc34)cc2)cc1. The van der Waals surface area contributed by atoms with Gasteiger partial charge in [-0.3, -0.25) is 0 Å². The van der Waals surface area contributed by atoms with E-state index in [2.05, 4.69) is 223 Å². The fraction of sp³-hybridized carbons (Fsp3) is 0. The summed E-state index contributed by atoms with van der Waals surface area (Å²) in [5.74, 6) is 0. The second-order valence-electron chi connectivity index (χ2n) is 14.9. The van der Waals surface area contributed by atoms with E-state index >= 15 is 0 Å². The van der Waals surface area contributed by atoms with Crippen molar-refractivity contribution in [3.8, 4) is 44.5 Å². The third kappa shape index (κ3) is 5.82. The van der Waals surface area contributed by atoms with Gasteiger partial charge in [-0.25, -0.2) is 0 Å². The Hall–Kier alpha value is -7.68. The summed E-state index contributed by atoms with van der Waals surface area (Å²) in [4.78, 5) is 2.40. The highest BCUT2D eigenvalue weighted by molar-refractivity contribution is 6.15. The van der Waals surface area contributed by atoms with Crippen LogP contribution in [-0.2, 0) is 0 Å². The molecule has 11 aromatic rings. The van der Waals surface area contributed by atoms with Crippen LogP contribution < -0.4 is 4.90 Å². The quantitative estimate of drug-likeness (QED) is 0.151. The lowest BCUT2D eigenvalue weighted by molar-refractivity contribution is 0.671. The van der Waals surface area contributed by atoms with Crippen LogP contribution in [0.3, 0.4) is 0 Å². The van der Waals surface area contributed by atoms with Crippen LogP contribution in [0.4, 0.5) is 17.1 Å². The molecule has 0 unspecified atom stereocenters. The van der Waals surface area contributed by atoms with Crippen LogP contribution in [0.5, 0.6) is 0 Å².